The van der Waals surface area contributed by atoms with E-state index >= 15 is 0 Å². The number of nitriles is 1. The van der Waals surface area contributed by atoms with Crippen LogP contribution in [0.3, 0.4) is 0 Å². The van der Waals surface area contributed by atoms with Crippen molar-refractivity contribution in [2.45, 2.75) is 6.42 Å². The Bertz CT molecular complexity index is 928. The fourth-order valence-electron chi connectivity index (χ4n) is 2.58. The first kappa shape index (κ1) is 19.5. The van der Waals surface area contributed by atoms with Gasteiger partial charge in [0.2, 0.25) is 0 Å². The highest BCUT2D eigenvalue weighted by Crippen LogP contribution is 2.34. The lowest BCUT2D eigenvalue weighted by atomic mass is 10.2. The lowest BCUT2D eigenvalue weighted by Gasteiger charge is -2.24. The number of halogens is 1. The number of anilines is 1. The summed E-state index contributed by atoms with van der Waals surface area (Å²) in [6.45, 7) is 0.493. The summed E-state index contributed by atoms with van der Waals surface area (Å²) >= 11 is 5.86. The van der Waals surface area contributed by atoms with Crippen LogP contribution >= 0.6 is 11.6 Å². The van der Waals surface area contributed by atoms with E-state index < -0.39 is 18.5 Å². The zero-order chi connectivity index (χ0) is 19.9. The Morgan fingerprint density at radius 2 is 2.04 bits per heavy atom. The first-order chi connectivity index (χ1) is 13.6. The second-order valence-corrected chi connectivity index (χ2v) is 6.06. The fourth-order valence-corrected chi connectivity index (χ4v) is 2.78. The summed E-state index contributed by atoms with van der Waals surface area (Å²) in [5, 5.41) is 8.89. The van der Waals surface area contributed by atoms with Crippen molar-refractivity contribution in [3.05, 3.63) is 47.2 Å². The Kier molecular flexibility index (Phi) is 6.29. The number of hydrogen-bond donors (Lipinski definition) is 0. The number of ether oxygens (including phenoxy) is 3. The number of hydrogen-bond acceptors (Lipinski definition) is 7. The van der Waals surface area contributed by atoms with E-state index in [9.17, 15) is 9.59 Å². The van der Waals surface area contributed by atoms with Gasteiger partial charge in [0.05, 0.1) is 18.1 Å². The number of pyridine rings is 1. The second kappa shape index (κ2) is 9.06. The van der Waals surface area contributed by atoms with Crippen LogP contribution < -0.4 is 14.4 Å². The third-order valence-corrected chi connectivity index (χ3v) is 4.19. The van der Waals surface area contributed by atoms with Gasteiger partial charge < -0.3 is 19.1 Å². The zero-order valence-corrected chi connectivity index (χ0v) is 15.5. The van der Waals surface area contributed by atoms with E-state index in [4.69, 9.17) is 31.1 Å². The SMILES string of the molecule is N#CCCN(C(=O)COC(=O)c1cccnc1Cl)c1ccc2c(c1)OCCO2. The van der Waals surface area contributed by atoms with Crippen molar-refractivity contribution in [2.75, 3.05) is 31.3 Å². The van der Waals surface area contributed by atoms with Crippen molar-refractivity contribution in [2.24, 2.45) is 0 Å². The molecule has 0 bridgehead atoms. The quantitative estimate of drug-likeness (QED) is 0.541. The van der Waals surface area contributed by atoms with Gasteiger partial charge in [-0.25, -0.2) is 9.78 Å². The van der Waals surface area contributed by atoms with E-state index in [0.717, 1.165) is 0 Å². The van der Waals surface area contributed by atoms with Crippen molar-refractivity contribution in [3.8, 4) is 17.6 Å². The maximum atomic E-state index is 12.7. The molecule has 0 atom stereocenters. The molecule has 2 aromatic rings. The normalized spacial score (nSPS) is 12.0. The van der Waals surface area contributed by atoms with Gasteiger partial charge in [-0.05, 0) is 24.3 Å². The molecule has 0 N–H and O–H groups in total. The van der Waals surface area contributed by atoms with Crippen LogP contribution in [0.4, 0.5) is 5.69 Å². The minimum absolute atomic E-state index is 0.00637. The van der Waals surface area contributed by atoms with Gasteiger partial charge in [-0.1, -0.05) is 11.6 Å². The van der Waals surface area contributed by atoms with Crippen LogP contribution in [0.15, 0.2) is 36.5 Å². The van der Waals surface area contributed by atoms with Crippen molar-refractivity contribution in [3.63, 3.8) is 0 Å². The molecular formula is C19H16ClN3O5. The summed E-state index contributed by atoms with van der Waals surface area (Å²) in [5.74, 6) is -0.146. The van der Waals surface area contributed by atoms with E-state index in [1.54, 1.807) is 24.3 Å². The topological polar surface area (TPSA) is 102 Å². The Morgan fingerprint density at radius 1 is 1.25 bits per heavy atom. The molecule has 1 aliphatic rings. The lowest BCUT2D eigenvalue weighted by Crippen LogP contribution is -2.35. The summed E-state index contributed by atoms with van der Waals surface area (Å²) in [6, 6.07) is 10.0. The molecule has 1 aromatic heterocycles. The summed E-state index contributed by atoms with van der Waals surface area (Å²) < 4.78 is 16.1. The van der Waals surface area contributed by atoms with Crippen LogP contribution in [0.25, 0.3) is 0 Å². The van der Waals surface area contributed by atoms with Gasteiger partial charge in [-0.3, -0.25) is 4.79 Å². The van der Waals surface area contributed by atoms with Crippen LogP contribution in [-0.2, 0) is 9.53 Å². The largest absolute Gasteiger partial charge is 0.486 e. The number of benzene rings is 1. The van der Waals surface area contributed by atoms with Gasteiger partial charge >= 0.3 is 5.97 Å². The number of fused-ring (bicyclic) bond motifs is 1. The Hall–Kier alpha value is -3.31. The molecule has 0 saturated heterocycles. The van der Waals surface area contributed by atoms with Crippen LogP contribution in [0, 0.1) is 11.3 Å². The summed E-state index contributed by atoms with van der Waals surface area (Å²) in [5.41, 5.74) is 0.583. The number of nitrogens with zero attached hydrogens (tertiary/aromatic N) is 3. The average Bonchev–Trinajstić information content (AvgIpc) is 2.72. The third kappa shape index (κ3) is 4.50. The molecule has 8 nitrogen and oxygen atoms in total. The number of rotatable bonds is 6. The first-order valence-corrected chi connectivity index (χ1v) is 8.82. The number of esters is 1. The van der Waals surface area contributed by atoms with E-state index in [-0.39, 0.29) is 23.7 Å². The van der Waals surface area contributed by atoms with Gasteiger partial charge in [0.1, 0.15) is 18.4 Å². The van der Waals surface area contributed by atoms with Gasteiger partial charge in [-0.15, -0.1) is 0 Å². The minimum Gasteiger partial charge on any atom is -0.486 e. The number of carbonyl (C=O) groups excluding carboxylic acids is 2. The zero-order valence-electron chi connectivity index (χ0n) is 14.8. The molecule has 0 radical (unpaired) electrons. The third-order valence-electron chi connectivity index (χ3n) is 3.89. The molecule has 0 aliphatic carbocycles. The van der Waals surface area contributed by atoms with E-state index in [2.05, 4.69) is 4.98 Å². The van der Waals surface area contributed by atoms with E-state index in [0.29, 0.717) is 30.4 Å². The number of amides is 1. The van der Waals surface area contributed by atoms with Crippen LogP contribution in [0.2, 0.25) is 5.15 Å². The molecule has 1 amide bonds. The summed E-state index contributed by atoms with van der Waals surface area (Å²) in [6.07, 6.45) is 1.55. The van der Waals surface area contributed by atoms with Crippen LogP contribution in [0.1, 0.15) is 16.8 Å². The minimum atomic E-state index is -0.756. The van der Waals surface area contributed by atoms with E-state index in [1.165, 1.54) is 17.2 Å². The molecule has 1 aliphatic heterocycles. The van der Waals surface area contributed by atoms with Crippen LogP contribution in [0.5, 0.6) is 11.5 Å². The van der Waals surface area contributed by atoms with Crippen molar-refractivity contribution in [1.29, 1.82) is 5.26 Å². The van der Waals surface area contributed by atoms with Gasteiger partial charge in [0.15, 0.2) is 18.1 Å². The first-order valence-electron chi connectivity index (χ1n) is 8.44. The molecule has 0 saturated carbocycles. The highest BCUT2D eigenvalue weighted by molar-refractivity contribution is 6.32. The maximum Gasteiger partial charge on any atom is 0.341 e. The lowest BCUT2D eigenvalue weighted by molar-refractivity contribution is -0.121. The number of aromatic nitrogens is 1. The molecule has 1 aromatic carbocycles. The number of carbonyl (C=O) groups is 2. The predicted octanol–water partition coefficient (Wildman–Crippen LogP) is 2.61. The van der Waals surface area contributed by atoms with Crippen LogP contribution in [-0.4, -0.2) is 43.2 Å². The monoisotopic (exact) mass is 401 g/mol. The van der Waals surface area contributed by atoms with E-state index in [1.807, 2.05) is 6.07 Å². The maximum absolute atomic E-state index is 12.7. The smallest absolute Gasteiger partial charge is 0.341 e. The van der Waals surface area contributed by atoms with Crippen molar-refractivity contribution in [1.82, 2.24) is 4.98 Å². The standard InChI is InChI=1S/C19H16ClN3O5/c20-18-14(3-1-7-22-18)19(25)28-12-17(24)23(8-2-6-21)13-4-5-15-16(11-13)27-10-9-26-15/h1,3-5,7,11H,2,8-10,12H2. The van der Waals surface area contributed by atoms with Gasteiger partial charge in [-0.2, -0.15) is 5.26 Å². The summed E-state index contributed by atoms with van der Waals surface area (Å²) in [7, 11) is 0. The molecule has 3 rings (SSSR count). The van der Waals surface area contributed by atoms with Crippen molar-refractivity contribution < 1.29 is 23.8 Å². The fraction of sp³-hybridized carbons (Fsp3) is 0.263. The molecule has 0 spiro atoms. The predicted molar refractivity (Wildman–Crippen MR) is 99.5 cm³/mol. The molecule has 28 heavy (non-hydrogen) atoms. The molecule has 2 heterocycles. The van der Waals surface area contributed by atoms with Crippen molar-refractivity contribution >= 4 is 29.2 Å². The average molecular weight is 402 g/mol. The highest BCUT2D eigenvalue weighted by Gasteiger charge is 2.21. The Balaban J connectivity index is 1.72. The molecule has 0 fully saturated rings. The second-order valence-electron chi connectivity index (χ2n) is 5.70. The molecule has 144 valence electrons. The molecular weight excluding hydrogens is 386 g/mol. The van der Waals surface area contributed by atoms with Gasteiger partial charge in [0.25, 0.3) is 5.91 Å². The highest BCUT2D eigenvalue weighted by atomic mass is 35.5. The summed E-state index contributed by atoms with van der Waals surface area (Å²) in [4.78, 5) is 29.9. The Morgan fingerprint density at radius 3 is 2.79 bits per heavy atom. The molecule has 0 unspecified atom stereocenters. The Labute approximate surface area is 166 Å². The molecule has 9 heteroatoms. The van der Waals surface area contributed by atoms with Gasteiger partial charge in [0, 0.05) is 24.5 Å².